The maximum absolute atomic E-state index is 5.15. The number of hydrogen-bond donors (Lipinski definition) is 1. The van der Waals surface area contributed by atoms with Crippen molar-refractivity contribution in [2.45, 2.75) is 46.3 Å². The molecule has 1 rings (SSSR count). The van der Waals surface area contributed by atoms with Crippen LogP contribution in [0.15, 0.2) is 17.0 Å². The molecule has 1 heterocycles. The van der Waals surface area contributed by atoms with E-state index in [0.717, 1.165) is 25.4 Å². The molecule has 0 radical (unpaired) electrons. The van der Waals surface area contributed by atoms with E-state index in [1.165, 1.54) is 6.39 Å². The topological polar surface area (TPSA) is 41.3 Å². The molecule has 0 unspecified atom stereocenters. The smallest absolute Gasteiger partial charge is 0.180 e. The van der Waals surface area contributed by atoms with Gasteiger partial charge in [0.1, 0.15) is 5.76 Å². The lowest BCUT2D eigenvalue weighted by Gasteiger charge is -2.30. The van der Waals surface area contributed by atoms with E-state index in [1.807, 2.05) is 0 Å². The summed E-state index contributed by atoms with van der Waals surface area (Å²) in [6, 6.07) is 1.18. The monoisotopic (exact) mass is 225 g/mol. The molecular weight excluding hydrogens is 202 g/mol. The summed E-state index contributed by atoms with van der Waals surface area (Å²) in [5.41, 5.74) is 0. The molecule has 0 saturated carbocycles. The predicted molar refractivity (Wildman–Crippen MR) is 65.2 cm³/mol. The standard InChI is InChI=1S/C12H23N3O/c1-10(2)15(11(3)4)6-5-13-7-12-8-14-9-16-12/h8-11,13H,5-7H2,1-4H3. The minimum Gasteiger partial charge on any atom is -0.447 e. The molecule has 0 atom stereocenters. The molecule has 16 heavy (non-hydrogen) atoms. The Morgan fingerprint density at radius 2 is 2.00 bits per heavy atom. The van der Waals surface area contributed by atoms with E-state index >= 15 is 0 Å². The summed E-state index contributed by atoms with van der Waals surface area (Å²) in [7, 11) is 0. The van der Waals surface area contributed by atoms with Gasteiger partial charge in [0.15, 0.2) is 6.39 Å². The number of nitrogens with zero attached hydrogens (tertiary/aromatic N) is 2. The first kappa shape index (κ1) is 13.2. The number of rotatable bonds is 7. The molecule has 0 aliphatic heterocycles. The first-order valence-corrected chi connectivity index (χ1v) is 5.95. The van der Waals surface area contributed by atoms with Crippen LogP contribution in [0.3, 0.4) is 0 Å². The fourth-order valence-corrected chi connectivity index (χ4v) is 1.86. The molecule has 4 heteroatoms. The lowest BCUT2D eigenvalue weighted by Crippen LogP contribution is -2.41. The van der Waals surface area contributed by atoms with Crippen LogP contribution >= 0.6 is 0 Å². The van der Waals surface area contributed by atoms with Gasteiger partial charge in [0.25, 0.3) is 0 Å². The molecule has 0 aliphatic carbocycles. The molecule has 1 aromatic rings. The highest BCUT2D eigenvalue weighted by Gasteiger charge is 2.12. The van der Waals surface area contributed by atoms with Gasteiger partial charge >= 0.3 is 0 Å². The summed E-state index contributed by atoms with van der Waals surface area (Å²) in [6.45, 7) is 11.7. The molecule has 0 saturated heterocycles. The second-order valence-corrected chi connectivity index (χ2v) is 4.57. The molecule has 4 nitrogen and oxygen atoms in total. The Labute approximate surface area is 98.0 Å². The molecule has 1 aromatic heterocycles. The maximum atomic E-state index is 5.15. The Hall–Kier alpha value is -0.870. The highest BCUT2D eigenvalue weighted by molar-refractivity contribution is 4.87. The van der Waals surface area contributed by atoms with Crippen molar-refractivity contribution in [2.24, 2.45) is 0 Å². The van der Waals surface area contributed by atoms with Gasteiger partial charge in [0, 0.05) is 25.2 Å². The number of nitrogens with one attached hydrogen (secondary N) is 1. The van der Waals surface area contributed by atoms with Crippen LogP contribution in [0.25, 0.3) is 0 Å². The third-order valence-corrected chi connectivity index (χ3v) is 2.66. The molecule has 0 aliphatic rings. The van der Waals surface area contributed by atoms with Crippen LogP contribution in [0, 0.1) is 0 Å². The normalized spacial score (nSPS) is 11.9. The summed E-state index contributed by atoms with van der Waals surface area (Å²) >= 11 is 0. The largest absolute Gasteiger partial charge is 0.447 e. The molecule has 1 N–H and O–H groups in total. The zero-order chi connectivity index (χ0) is 12.0. The fourth-order valence-electron chi connectivity index (χ4n) is 1.86. The van der Waals surface area contributed by atoms with E-state index in [2.05, 4.69) is 42.9 Å². The van der Waals surface area contributed by atoms with Crippen molar-refractivity contribution in [2.75, 3.05) is 13.1 Å². The van der Waals surface area contributed by atoms with Crippen molar-refractivity contribution in [1.29, 1.82) is 0 Å². The van der Waals surface area contributed by atoms with Gasteiger partial charge in [-0.05, 0) is 27.7 Å². The van der Waals surface area contributed by atoms with E-state index in [-0.39, 0.29) is 0 Å². The van der Waals surface area contributed by atoms with Gasteiger partial charge in [-0.2, -0.15) is 0 Å². The highest BCUT2D eigenvalue weighted by Crippen LogP contribution is 2.03. The van der Waals surface area contributed by atoms with Gasteiger partial charge in [-0.25, -0.2) is 4.98 Å². The molecule has 0 aromatic carbocycles. The summed E-state index contributed by atoms with van der Waals surface area (Å²) in [5.74, 6) is 0.889. The highest BCUT2D eigenvalue weighted by atomic mass is 16.3. The van der Waals surface area contributed by atoms with Gasteiger partial charge in [-0.3, -0.25) is 4.90 Å². The van der Waals surface area contributed by atoms with Gasteiger partial charge in [-0.1, -0.05) is 0 Å². The number of aromatic nitrogens is 1. The molecule has 0 spiro atoms. The van der Waals surface area contributed by atoms with Crippen molar-refractivity contribution in [3.8, 4) is 0 Å². The van der Waals surface area contributed by atoms with Crippen LogP contribution in [0.5, 0.6) is 0 Å². The molecule has 92 valence electrons. The van der Waals surface area contributed by atoms with Crippen LogP contribution in [0.1, 0.15) is 33.5 Å². The van der Waals surface area contributed by atoms with Crippen LogP contribution < -0.4 is 5.32 Å². The fraction of sp³-hybridized carbons (Fsp3) is 0.750. The summed E-state index contributed by atoms with van der Waals surface area (Å²) in [6.07, 6.45) is 3.21. The SMILES string of the molecule is CC(C)N(CCNCc1cnco1)C(C)C. The van der Waals surface area contributed by atoms with E-state index < -0.39 is 0 Å². The Bertz CT molecular complexity index is 262. The van der Waals surface area contributed by atoms with Crippen LogP contribution in [0.4, 0.5) is 0 Å². The third kappa shape index (κ3) is 4.33. The molecule has 0 bridgehead atoms. The van der Waals surface area contributed by atoms with Crippen molar-refractivity contribution >= 4 is 0 Å². The van der Waals surface area contributed by atoms with Crippen LogP contribution in [-0.4, -0.2) is 35.1 Å². The van der Waals surface area contributed by atoms with E-state index in [9.17, 15) is 0 Å². The molecule has 0 fully saturated rings. The maximum Gasteiger partial charge on any atom is 0.180 e. The first-order chi connectivity index (χ1) is 7.61. The van der Waals surface area contributed by atoms with E-state index in [0.29, 0.717) is 12.1 Å². The average Bonchev–Trinajstić information content (AvgIpc) is 2.68. The van der Waals surface area contributed by atoms with Gasteiger partial charge < -0.3 is 9.73 Å². The zero-order valence-corrected chi connectivity index (χ0v) is 10.7. The van der Waals surface area contributed by atoms with Crippen molar-refractivity contribution in [3.63, 3.8) is 0 Å². The van der Waals surface area contributed by atoms with Gasteiger partial charge in [0.05, 0.1) is 12.7 Å². The zero-order valence-electron chi connectivity index (χ0n) is 10.7. The summed E-state index contributed by atoms with van der Waals surface area (Å²) in [4.78, 5) is 6.34. The second kappa shape index (κ2) is 6.66. The minimum absolute atomic E-state index is 0.590. The first-order valence-electron chi connectivity index (χ1n) is 5.95. The second-order valence-electron chi connectivity index (χ2n) is 4.57. The summed E-state index contributed by atoms with van der Waals surface area (Å²) in [5, 5.41) is 3.35. The van der Waals surface area contributed by atoms with Gasteiger partial charge in [0.2, 0.25) is 0 Å². The van der Waals surface area contributed by atoms with Crippen LogP contribution in [-0.2, 0) is 6.54 Å². The van der Waals surface area contributed by atoms with Crippen molar-refractivity contribution in [3.05, 3.63) is 18.4 Å². The number of oxazole rings is 1. The molecule has 0 amide bonds. The van der Waals surface area contributed by atoms with Gasteiger partial charge in [-0.15, -0.1) is 0 Å². The summed E-state index contributed by atoms with van der Waals surface area (Å²) < 4.78 is 5.15. The Kier molecular flexibility index (Phi) is 5.49. The van der Waals surface area contributed by atoms with E-state index in [4.69, 9.17) is 4.42 Å². The Balaban J connectivity index is 2.18. The predicted octanol–water partition coefficient (Wildman–Crippen LogP) is 1.88. The lowest BCUT2D eigenvalue weighted by molar-refractivity contribution is 0.175. The van der Waals surface area contributed by atoms with Crippen LogP contribution in [0.2, 0.25) is 0 Å². The Morgan fingerprint density at radius 1 is 1.31 bits per heavy atom. The average molecular weight is 225 g/mol. The molecular formula is C12H23N3O. The van der Waals surface area contributed by atoms with E-state index in [1.54, 1.807) is 6.20 Å². The number of hydrogen-bond acceptors (Lipinski definition) is 4. The van der Waals surface area contributed by atoms with Crippen molar-refractivity contribution < 1.29 is 4.42 Å². The lowest BCUT2D eigenvalue weighted by atomic mass is 10.2. The van der Waals surface area contributed by atoms with Crippen molar-refractivity contribution in [1.82, 2.24) is 15.2 Å². The third-order valence-electron chi connectivity index (χ3n) is 2.66. The Morgan fingerprint density at radius 3 is 2.50 bits per heavy atom. The quantitative estimate of drug-likeness (QED) is 0.719. The minimum atomic E-state index is 0.590.